The van der Waals surface area contributed by atoms with Gasteiger partial charge in [-0.3, -0.25) is 18.8 Å². The van der Waals surface area contributed by atoms with E-state index in [2.05, 4.69) is 30.9 Å². The molecular formula is C21H25N5O2. The molecule has 28 heavy (non-hydrogen) atoms. The Hall–Kier alpha value is -2.96. The number of nitrogens with zero attached hydrogens (tertiary/aromatic N) is 5. The molecular weight excluding hydrogens is 354 g/mol. The van der Waals surface area contributed by atoms with Crippen molar-refractivity contribution in [3.8, 4) is 0 Å². The summed E-state index contributed by atoms with van der Waals surface area (Å²) in [6.07, 6.45) is 0.551. The molecule has 0 N–H and O–H groups in total. The topological polar surface area (TPSA) is 73.0 Å². The van der Waals surface area contributed by atoms with Crippen molar-refractivity contribution in [3.63, 3.8) is 0 Å². The number of aryl methyl sites for hydroxylation is 1. The average Bonchev–Trinajstić information content (AvgIpc) is 2.92. The fourth-order valence-corrected chi connectivity index (χ4v) is 3.60. The minimum absolute atomic E-state index is 0.0366. The molecule has 7 heteroatoms. The average molecular weight is 379 g/mol. The van der Waals surface area contributed by atoms with E-state index in [1.54, 1.807) is 27.3 Å². The monoisotopic (exact) mass is 379 g/mol. The number of rotatable bonds is 1. The number of carbonyl (C=O) groups is 1. The van der Waals surface area contributed by atoms with Crippen LogP contribution in [0.15, 0.2) is 35.1 Å². The van der Waals surface area contributed by atoms with Crippen LogP contribution in [-0.4, -0.2) is 43.2 Å². The highest BCUT2D eigenvalue weighted by atomic mass is 16.2. The minimum Gasteiger partial charge on any atom is -0.335 e. The van der Waals surface area contributed by atoms with Crippen LogP contribution in [0.4, 0.5) is 0 Å². The Bertz CT molecular complexity index is 1120. The maximum Gasteiger partial charge on any atom is 0.272 e. The first kappa shape index (κ1) is 18.4. The van der Waals surface area contributed by atoms with Crippen molar-refractivity contribution in [3.05, 3.63) is 57.9 Å². The largest absolute Gasteiger partial charge is 0.335 e. The molecule has 7 nitrogen and oxygen atoms in total. The minimum atomic E-state index is -0.122. The Morgan fingerprint density at radius 2 is 1.86 bits per heavy atom. The molecule has 0 radical (unpaired) electrons. The first-order valence-electron chi connectivity index (χ1n) is 9.58. The summed E-state index contributed by atoms with van der Waals surface area (Å²) in [5.74, 6) is 0.676. The van der Waals surface area contributed by atoms with Crippen molar-refractivity contribution in [2.75, 3.05) is 13.1 Å². The van der Waals surface area contributed by atoms with Gasteiger partial charge in [-0.05, 0) is 18.2 Å². The SMILES string of the molecule is Cn1nc(C(C)(C)C)cc1C(=O)N1CCc2nc3ccccc3c(=O)n2CC1. The van der Waals surface area contributed by atoms with Crippen LogP contribution in [0.2, 0.25) is 0 Å². The van der Waals surface area contributed by atoms with E-state index in [9.17, 15) is 9.59 Å². The second-order valence-corrected chi connectivity index (χ2v) is 8.33. The number of fused-ring (bicyclic) bond motifs is 2. The van der Waals surface area contributed by atoms with Crippen molar-refractivity contribution < 1.29 is 4.79 Å². The van der Waals surface area contributed by atoms with Crippen LogP contribution in [0, 0.1) is 0 Å². The number of hydrogen-bond donors (Lipinski definition) is 0. The fraction of sp³-hybridized carbons (Fsp3) is 0.429. The summed E-state index contributed by atoms with van der Waals surface area (Å²) in [7, 11) is 1.80. The fourth-order valence-electron chi connectivity index (χ4n) is 3.60. The molecule has 3 aromatic rings. The maximum absolute atomic E-state index is 13.1. The Morgan fingerprint density at radius 3 is 2.57 bits per heavy atom. The maximum atomic E-state index is 13.1. The zero-order valence-corrected chi connectivity index (χ0v) is 16.8. The van der Waals surface area contributed by atoms with Crippen LogP contribution >= 0.6 is 0 Å². The highest BCUT2D eigenvalue weighted by Gasteiger charge is 2.26. The molecule has 1 aliphatic heterocycles. The lowest BCUT2D eigenvalue weighted by atomic mass is 9.92. The third-order valence-electron chi connectivity index (χ3n) is 5.29. The van der Waals surface area contributed by atoms with Gasteiger partial charge in [0.25, 0.3) is 11.5 Å². The van der Waals surface area contributed by atoms with Gasteiger partial charge in [0.2, 0.25) is 0 Å². The van der Waals surface area contributed by atoms with Gasteiger partial charge in [0.15, 0.2) is 0 Å². The van der Waals surface area contributed by atoms with Crippen LogP contribution in [0.1, 0.15) is 42.8 Å². The predicted molar refractivity (Wildman–Crippen MR) is 108 cm³/mol. The van der Waals surface area contributed by atoms with E-state index in [4.69, 9.17) is 0 Å². The number of para-hydroxylation sites is 1. The zero-order valence-electron chi connectivity index (χ0n) is 16.8. The molecule has 4 rings (SSSR count). The molecule has 0 saturated heterocycles. The summed E-state index contributed by atoms with van der Waals surface area (Å²) in [5.41, 5.74) is 2.01. The number of amides is 1. The van der Waals surface area contributed by atoms with E-state index in [-0.39, 0.29) is 16.9 Å². The lowest BCUT2D eigenvalue weighted by Crippen LogP contribution is -2.35. The van der Waals surface area contributed by atoms with E-state index in [1.807, 2.05) is 24.3 Å². The highest BCUT2D eigenvalue weighted by molar-refractivity contribution is 5.92. The summed E-state index contributed by atoms with van der Waals surface area (Å²) in [6, 6.07) is 9.26. The summed E-state index contributed by atoms with van der Waals surface area (Å²) in [5, 5.41) is 5.13. The van der Waals surface area contributed by atoms with E-state index in [1.165, 1.54) is 0 Å². The number of carbonyl (C=O) groups excluding carboxylic acids is 1. The van der Waals surface area contributed by atoms with Crippen molar-refractivity contribution in [1.82, 2.24) is 24.2 Å². The van der Waals surface area contributed by atoms with Crippen LogP contribution in [0.3, 0.4) is 0 Å². The molecule has 2 aromatic heterocycles. The smallest absolute Gasteiger partial charge is 0.272 e. The standard InChI is InChI=1S/C21H25N5O2/c1-21(2,3)17-13-16(24(4)23-17)20(28)25-10-9-18-22-15-8-6-5-7-14(15)19(27)26(18)12-11-25/h5-8,13H,9-12H2,1-4H3. The van der Waals surface area contributed by atoms with Crippen LogP contribution in [0.25, 0.3) is 10.9 Å². The predicted octanol–water partition coefficient (Wildman–Crippen LogP) is 2.13. The summed E-state index contributed by atoms with van der Waals surface area (Å²) in [6.45, 7) is 7.68. The number of hydrogen-bond acceptors (Lipinski definition) is 4. The summed E-state index contributed by atoms with van der Waals surface area (Å²) >= 11 is 0. The Morgan fingerprint density at radius 1 is 1.11 bits per heavy atom. The lowest BCUT2D eigenvalue weighted by Gasteiger charge is -2.19. The molecule has 0 fully saturated rings. The molecule has 1 aromatic carbocycles. The number of benzene rings is 1. The third kappa shape index (κ3) is 3.10. The van der Waals surface area contributed by atoms with E-state index >= 15 is 0 Å². The molecule has 0 atom stereocenters. The van der Waals surface area contributed by atoms with Gasteiger partial charge < -0.3 is 4.90 Å². The first-order chi connectivity index (χ1) is 13.3. The third-order valence-corrected chi connectivity index (χ3v) is 5.29. The van der Waals surface area contributed by atoms with Gasteiger partial charge in [-0.15, -0.1) is 0 Å². The molecule has 146 valence electrons. The van der Waals surface area contributed by atoms with Gasteiger partial charge in [-0.2, -0.15) is 5.10 Å². The van der Waals surface area contributed by atoms with Gasteiger partial charge in [-0.25, -0.2) is 4.98 Å². The Kier molecular flexibility index (Phi) is 4.33. The van der Waals surface area contributed by atoms with Gasteiger partial charge in [0.1, 0.15) is 11.5 Å². The van der Waals surface area contributed by atoms with Crippen molar-refractivity contribution in [2.45, 2.75) is 39.2 Å². The van der Waals surface area contributed by atoms with Gasteiger partial charge in [0, 0.05) is 38.5 Å². The van der Waals surface area contributed by atoms with E-state index in [0.717, 1.165) is 11.5 Å². The van der Waals surface area contributed by atoms with E-state index < -0.39 is 0 Å². The Labute approximate surface area is 163 Å². The molecule has 3 heterocycles. The quantitative estimate of drug-likeness (QED) is 0.649. The van der Waals surface area contributed by atoms with Gasteiger partial charge in [0.05, 0.1) is 16.6 Å². The van der Waals surface area contributed by atoms with Crippen LogP contribution in [-0.2, 0) is 25.4 Å². The molecule has 0 aliphatic carbocycles. The normalized spacial score (nSPS) is 14.8. The molecule has 1 amide bonds. The second kappa shape index (κ2) is 6.58. The van der Waals surface area contributed by atoms with Gasteiger partial charge in [-0.1, -0.05) is 32.9 Å². The van der Waals surface area contributed by atoms with Crippen LogP contribution < -0.4 is 5.56 Å². The van der Waals surface area contributed by atoms with Gasteiger partial charge >= 0.3 is 0 Å². The van der Waals surface area contributed by atoms with Crippen molar-refractivity contribution in [2.24, 2.45) is 7.05 Å². The summed E-state index contributed by atoms with van der Waals surface area (Å²) < 4.78 is 3.36. The molecule has 0 unspecified atom stereocenters. The first-order valence-corrected chi connectivity index (χ1v) is 9.58. The Balaban J connectivity index is 1.63. The van der Waals surface area contributed by atoms with Crippen molar-refractivity contribution in [1.29, 1.82) is 0 Å². The number of aromatic nitrogens is 4. The second-order valence-electron chi connectivity index (χ2n) is 8.33. The van der Waals surface area contributed by atoms with Crippen LogP contribution in [0.5, 0.6) is 0 Å². The van der Waals surface area contributed by atoms with E-state index in [0.29, 0.717) is 42.7 Å². The molecule has 1 aliphatic rings. The summed E-state index contributed by atoms with van der Waals surface area (Å²) in [4.78, 5) is 32.4. The zero-order chi connectivity index (χ0) is 20.1. The highest BCUT2D eigenvalue weighted by Crippen LogP contribution is 2.22. The lowest BCUT2D eigenvalue weighted by molar-refractivity contribution is 0.0748. The molecule has 0 bridgehead atoms. The molecule has 0 saturated carbocycles. The molecule has 0 spiro atoms. The van der Waals surface area contributed by atoms with Crippen molar-refractivity contribution >= 4 is 16.8 Å².